The van der Waals surface area contributed by atoms with E-state index in [1.165, 1.54) is 0 Å². The number of carbonyl (C=O) groups excluding carboxylic acids is 1. The van der Waals surface area contributed by atoms with Crippen LogP contribution in [0.1, 0.15) is 30.7 Å². The summed E-state index contributed by atoms with van der Waals surface area (Å²) in [5.74, 6) is -0.0831. The summed E-state index contributed by atoms with van der Waals surface area (Å²) < 4.78 is 20.6. The van der Waals surface area contributed by atoms with E-state index in [4.69, 9.17) is 4.74 Å². The molecule has 7 nitrogen and oxygen atoms in total. The first-order chi connectivity index (χ1) is 11.5. The van der Waals surface area contributed by atoms with Crippen molar-refractivity contribution in [3.63, 3.8) is 0 Å². The first-order valence-electron chi connectivity index (χ1n) is 8.61. The summed E-state index contributed by atoms with van der Waals surface area (Å²) in [7, 11) is 4.00. The molecule has 0 atom stereocenters. The van der Waals surface area contributed by atoms with Gasteiger partial charge in [0, 0.05) is 25.6 Å². The number of aromatic nitrogens is 3. The van der Waals surface area contributed by atoms with Gasteiger partial charge in [-0.15, -0.1) is 5.10 Å². The minimum Gasteiger partial charge on any atom is -0.374 e. The van der Waals surface area contributed by atoms with Crippen molar-refractivity contribution < 1.29 is 13.9 Å². The van der Waals surface area contributed by atoms with Crippen molar-refractivity contribution in [2.45, 2.75) is 45.1 Å². The molecule has 24 heavy (non-hydrogen) atoms. The number of carbonyl (C=O) groups is 1. The van der Waals surface area contributed by atoms with Gasteiger partial charge in [-0.05, 0) is 33.4 Å². The summed E-state index contributed by atoms with van der Waals surface area (Å²) in [5.41, 5.74) is 1.74. The third-order valence-corrected chi connectivity index (χ3v) is 4.72. The topological polar surface area (TPSA) is 63.5 Å². The summed E-state index contributed by atoms with van der Waals surface area (Å²) in [6.07, 6.45) is 0.772. The third kappa shape index (κ3) is 3.92. The zero-order chi connectivity index (χ0) is 17.1. The van der Waals surface area contributed by atoms with Crippen LogP contribution in [-0.4, -0.2) is 70.7 Å². The molecule has 0 aromatic carbocycles. The van der Waals surface area contributed by atoms with E-state index in [1.54, 1.807) is 0 Å². The monoisotopic (exact) mass is 339 g/mol. The molecule has 2 heterocycles. The molecular weight excluding hydrogens is 313 g/mol. The third-order valence-electron chi connectivity index (χ3n) is 4.72. The quantitative estimate of drug-likeness (QED) is 0.719. The molecule has 2 aliphatic rings. The summed E-state index contributed by atoms with van der Waals surface area (Å²) in [6.45, 7) is 3.81. The molecule has 0 bridgehead atoms. The molecule has 1 aromatic rings. The van der Waals surface area contributed by atoms with Crippen LogP contribution in [0, 0.1) is 5.92 Å². The second-order valence-electron chi connectivity index (χ2n) is 6.94. The molecule has 0 N–H and O–H groups in total. The van der Waals surface area contributed by atoms with Gasteiger partial charge in [-0.25, -0.2) is 9.07 Å². The average Bonchev–Trinajstić information content (AvgIpc) is 2.76. The lowest BCUT2D eigenvalue weighted by Gasteiger charge is -2.33. The van der Waals surface area contributed by atoms with Crippen LogP contribution in [0.5, 0.6) is 0 Å². The van der Waals surface area contributed by atoms with Crippen molar-refractivity contribution in [2.75, 3.05) is 33.8 Å². The van der Waals surface area contributed by atoms with Crippen molar-refractivity contribution in [2.24, 2.45) is 5.92 Å². The fourth-order valence-electron chi connectivity index (χ4n) is 3.12. The summed E-state index contributed by atoms with van der Waals surface area (Å²) in [4.78, 5) is 16.4. The van der Waals surface area contributed by atoms with Gasteiger partial charge in [0.25, 0.3) is 0 Å². The lowest BCUT2D eigenvalue weighted by Crippen LogP contribution is -2.42. The number of halogens is 1. The smallest absolute Gasteiger partial charge is 0.226 e. The van der Waals surface area contributed by atoms with Crippen molar-refractivity contribution in [1.82, 2.24) is 24.8 Å². The zero-order valence-corrected chi connectivity index (χ0v) is 14.4. The van der Waals surface area contributed by atoms with Crippen molar-refractivity contribution in [3.05, 3.63) is 11.4 Å². The van der Waals surface area contributed by atoms with E-state index < -0.39 is 6.17 Å². The van der Waals surface area contributed by atoms with Crippen LogP contribution in [-0.2, 0) is 29.2 Å². The Balaban J connectivity index is 1.61. The second kappa shape index (κ2) is 7.57. The molecule has 0 radical (unpaired) electrons. The molecule has 8 heteroatoms. The van der Waals surface area contributed by atoms with E-state index in [0.717, 1.165) is 30.9 Å². The minimum absolute atomic E-state index is 0.0676. The van der Waals surface area contributed by atoms with E-state index in [2.05, 4.69) is 15.2 Å². The van der Waals surface area contributed by atoms with Gasteiger partial charge in [-0.2, -0.15) is 0 Å². The number of hydrogen-bond donors (Lipinski definition) is 0. The maximum absolute atomic E-state index is 13.0. The van der Waals surface area contributed by atoms with Gasteiger partial charge in [0.1, 0.15) is 11.9 Å². The van der Waals surface area contributed by atoms with Gasteiger partial charge in [-0.1, -0.05) is 5.21 Å². The number of likely N-dealkylation sites (N-methyl/N-ethyl adjacent to an activating group) is 1. The number of rotatable bonds is 6. The molecule has 1 aliphatic heterocycles. The molecule has 1 saturated carbocycles. The Morgan fingerprint density at radius 1 is 1.38 bits per heavy atom. The van der Waals surface area contributed by atoms with Crippen LogP contribution in [0.25, 0.3) is 0 Å². The highest BCUT2D eigenvalue weighted by atomic mass is 19.1. The number of nitrogens with zero attached hydrogens (tertiary/aromatic N) is 5. The summed E-state index contributed by atoms with van der Waals surface area (Å²) >= 11 is 0. The first kappa shape index (κ1) is 17.3. The fraction of sp³-hybridized carbons (Fsp3) is 0.812. The van der Waals surface area contributed by atoms with Gasteiger partial charge in [0.15, 0.2) is 0 Å². The first-order valence-corrected chi connectivity index (χ1v) is 8.61. The zero-order valence-electron chi connectivity index (χ0n) is 14.4. The van der Waals surface area contributed by atoms with Crippen LogP contribution in [0.3, 0.4) is 0 Å². The number of amides is 1. The van der Waals surface area contributed by atoms with Crippen LogP contribution >= 0.6 is 0 Å². The van der Waals surface area contributed by atoms with Gasteiger partial charge in [0.2, 0.25) is 5.91 Å². The molecule has 1 fully saturated rings. The van der Waals surface area contributed by atoms with Gasteiger partial charge < -0.3 is 14.5 Å². The highest BCUT2D eigenvalue weighted by Crippen LogP contribution is 2.32. The largest absolute Gasteiger partial charge is 0.374 e. The molecular formula is C16H26FN5O2. The average molecular weight is 339 g/mol. The molecule has 0 saturated heterocycles. The molecule has 134 valence electrons. The number of aryl methyl sites for hydroxylation is 1. The highest BCUT2D eigenvalue weighted by molar-refractivity contribution is 5.79. The highest BCUT2D eigenvalue weighted by Gasteiger charge is 2.37. The normalized spacial score (nSPS) is 23.8. The Kier molecular flexibility index (Phi) is 5.45. The van der Waals surface area contributed by atoms with E-state index in [9.17, 15) is 9.18 Å². The minimum atomic E-state index is -0.807. The van der Waals surface area contributed by atoms with E-state index in [-0.39, 0.29) is 11.8 Å². The Hall–Kier alpha value is -1.54. The number of fused-ring (bicyclic) bond motifs is 1. The maximum atomic E-state index is 13.0. The van der Waals surface area contributed by atoms with Crippen LogP contribution in [0.4, 0.5) is 4.39 Å². The fourth-order valence-corrected chi connectivity index (χ4v) is 3.12. The predicted molar refractivity (Wildman–Crippen MR) is 85.9 cm³/mol. The second-order valence-corrected chi connectivity index (χ2v) is 6.94. The van der Waals surface area contributed by atoms with E-state index in [1.807, 2.05) is 23.7 Å². The Morgan fingerprint density at radius 2 is 2.17 bits per heavy atom. The Labute approximate surface area is 141 Å². The molecule has 1 aliphatic carbocycles. The van der Waals surface area contributed by atoms with Gasteiger partial charge >= 0.3 is 0 Å². The van der Waals surface area contributed by atoms with E-state index >= 15 is 0 Å². The van der Waals surface area contributed by atoms with Gasteiger partial charge in [-0.3, -0.25) is 4.79 Å². The lowest BCUT2D eigenvalue weighted by atomic mass is 9.82. The molecule has 3 rings (SSSR count). The van der Waals surface area contributed by atoms with E-state index in [0.29, 0.717) is 39.1 Å². The molecule has 1 amide bonds. The Bertz CT molecular complexity index is 571. The van der Waals surface area contributed by atoms with Crippen LogP contribution in [0.15, 0.2) is 0 Å². The molecule has 0 unspecified atom stereocenters. The standard InChI is InChI=1S/C16H26FN5O2/c1-20(2)6-7-24-11-14-15-10-21(4-3-5-22(15)19-18-14)16(23)12-8-13(17)9-12/h12-13H,3-11H2,1-2H3. The molecule has 1 aromatic heterocycles. The Morgan fingerprint density at radius 3 is 2.88 bits per heavy atom. The van der Waals surface area contributed by atoms with Crippen molar-refractivity contribution in [1.29, 1.82) is 0 Å². The number of alkyl halides is 1. The van der Waals surface area contributed by atoms with Crippen molar-refractivity contribution >= 4 is 5.91 Å². The summed E-state index contributed by atoms with van der Waals surface area (Å²) in [6, 6.07) is 0. The van der Waals surface area contributed by atoms with Gasteiger partial charge in [0.05, 0.1) is 25.5 Å². The van der Waals surface area contributed by atoms with Crippen molar-refractivity contribution in [3.8, 4) is 0 Å². The maximum Gasteiger partial charge on any atom is 0.226 e. The summed E-state index contributed by atoms with van der Waals surface area (Å²) in [5, 5.41) is 8.41. The molecule has 0 spiro atoms. The number of ether oxygens (including phenoxy) is 1. The number of hydrogen-bond acceptors (Lipinski definition) is 5. The predicted octanol–water partition coefficient (Wildman–Crippen LogP) is 0.837. The van der Waals surface area contributed by atoms with Crippen LogP contribution < -0.4 is 0 Å². The SMILES string of the molecule is CN(C)CCOCc1nnn2c1CN(C(=O)C1CC(F)C1)CCC2. The lowest BCUT2D eigenvalue weighted by molar-refractivity contribution is -0.141. The van der Waals surface area contributed by atoms with Crippen LogP contribution in [0.2, 0.25) is 0 Å².